The monoisotopic (exact) mass is 492 g/mol. The molecule has 16 heavy (non-hydrogen) atoms. The van der Waals surface area contributed by atoms with Gasteiger partial charge in [0.1, 0.15) is 0 Å². The van der Waals surface area contributed by atoms with Crippen LogP contribution in [0.3, 0.4) is 0 Å². The van der Waals surface area contributed by atoms with Gasteiger partial charge in [-0.05, 0) is 0 Å². The van der Waals surface area contributed by atoms with Crippen LogP contribution in [0.15, 0.2) is 0 Å². The second-order valence-corrected chi connectivity index (χ2v) is 13.6. The van der Waals surface area contributed by atoms with Crippen LogP contribution in [0.2, 0.25) is 8.94 Å². The normalized spacial score (nSPS) is 42.0. The van der Waals surface area contributed by atoms with Crippen molar-refractivity contribution in [3.8, 4) is 0 Å². The molecule has 0 aliphatic carbocycles. The van der Waals surface area contributed by atoms with Crippen molar-refractivity contribution in [1.29, 1.82) is 0 Å². The molecule has 0 aromatic rings. The second-order valence-electron chi connectivity index (χ2n) is 4.11. The summed E-state index contributed by atoms with van der Waals surface area (Å²) in [4.78, 5) is 0. The molecular formula is C10H16O2S2Te2. The average Bonchev–Trinajstić information content (AvgIpc) is 3.17. The van der Waals surface area contributed by atoms with Crippen molar-refractivity contribution in [2.75, 3.05) is 24.7 Å². The van der Waals surface area contributed by atoms with E-state index in [0.29, 0.717) is 8.30 Å². The minimum atomic E-state index is -0.0418. The molecule has 3 saturated heterocycles. The van der Waals surface area contributed by atoms with E-state index in [0.717, 1.165) is 23.7 Å². The van der Waals surface area contributed by atoms with E-state index in [1.54, 1.807) is 0 Å². The molecule has 0 radical (unpaired) electrons. The van der Waals surface area contributed by atoms with Crippen LogP contribution in [0, 0.1) is 0 Å². The maximum absolute atomic E-state index is 6.04. The van der Waals surface area contributed by atoms with Crippen LogP contribution in [-0.2, 0) is 9.47 Å². The van der Waals surface area contributed by atoms with Crippen LogP contribution in [-0.4, -0.2) is 85.4 Å². The van der Waals surface area contributed by atoms with Crippen molar-refractivity contribution < 1.29 is 9.47 Å². The first kappa shape index (κ1) is 13.2. The van der Waals surface area contributed by atoms with E-state index in [2.05, 4.69) is 0 Å². The number of thioether (sulfide) groups is 2. The van der Waals surface area contributed by atoms with Gasteiger partial charge in [0.15, 0.2) is 0 Å². The number of rotatable bonds is 6. The van der Waals surface area contributed by atoms with Gasteiger partial charge >= 0.3 is 127 Å². The van der Waals surface area contributed by atoms with Gasteiger partial charge in [0.2, 0.25) is 0 Å². The summed E-state index contributed by atoms with van der Waals surface area (Å²) in [5.41, 5.74) is 0. The average molecular weight is 488 g/mol. The molecule has 3 aliphatic rings. The van der Waals surface area contributed by atoms with Gasteiger partial charge in [0.25, 0.3) is 0 Å². The molecule has 0 aromatic carbocycles. The number of ether oxygens (including phenoxy) is 2. The summed E-state index contributed by atoms with van der Waals surface area (Å²) in [6.07, 6.45) is 0. The minimum absolute atomic E-state index is 0.0418. The zero-order valence-corrected chi connectivity index (χ0v) is 15.3. The third-order valence-corrected chi connectivity index (χ3v) is 15.1. The Hall–Kier alpha value is 2.20. The summed E-state index contributed by atoms with van der Waals surface area (Å²) in [6.45, 7) is 2.05. The maximum atomic E-state index is 6.04. The summed E-state index contributed by atoms with van der Waals surface area (Å²) in [5, 5.41) is 1.69. The van der Waals surface area contributed by atoms with Crippen LogP contribution in [0.1, 0.15) is 0 Å². The molecular weight excluding hydrogens is 471 g/mol. The molecule has 0 N–H and O–H groups in total. The van der Waals surface area contributed by atoms with Gasteiger partial charge < -0.3 is 0 Å². The molecule has 0 spiro atoms. The summed E-state index contributed by atoms with van der Waals surface area (Å²) in [7, 11) is 0. The molecule has 2 nitrogen and oxygen atoms in total. The van der Waals surface area contributed by atoms with Gasteiger partial charge in [-0.2, -0.15) is 0 Å². The first-order valence-corrected chi connectivity index (χ1v) is 13.7. The van der Waals surface area contributed by atoms with E-state index >= 15 is 0 Å². The Morgan fingerprint density at radius 2 is 1.44 bits per heavy atom. The zero-order valence-electron chi connectivity index (χ0n) is 9.00. The molecule has 3 aliphatic heterocycles. The van der Waals surface area contributed by atoms with Gasteiger partial charge in [-0.25, -0.2) is 0 Å². The molecule has 0 amide bonds. The van der Waals surface area contributed by atoms with Crippen LogP contribution >= 0.6 is 23.5 Å². The number of hydrogen-bond donors (Lipinski definition) is 0. The van der Waals surface area contributed by atoms with Crippen molar-refractivity contribution in [2.45, 2.75) is 27.7 Å². The van der Waals surface area contributed by atoms with Crippen molar-refractivity contribution in [3.63, 3.8) is 0 Å². The van der Waals surface area contributed by atoms with Gasteiger partial charge in [-0.3, -0.25) is 0 Å². The van der Waals surface area contributed by atoms with E-state index in [4.69, 9.17) is 9.47 Å². The van der Waals surface area contributed by atoms with Crippen LogP contribution in [0.25, 0.3) is 0 Å². The van der Waals surface area contributed by atoms with Crippen LogP contribution in [0.4, 0.5) is 0 Å². The van der Waals surface area contributed by atoms with E-state index in [1.807, 2.05) is 23.5 Å². The predicted octanol–water partition coefficient (Wildman–Crippen LogP) is 1.16. The second kappa shape index (κ2) is 6.58. The van der Waals surface area contributed by atoms with E-state index < -0.39 is 0 Å². The standard InChI is InChI=1S/C10H16O2S2Te2/c1(7-3-13-7)11-9-5-15-6-10(16-9)12-2-8-4-14-8/h7-10H,1-6H2. The van der Waals surface area contributed by atoms with Gasteiger partial charge in [-0.15, -0.1) is 0 Å². The Balaban J connectivity index is 1.34. The van der Waals surface area contributed by atoms with Crippen molar-refractivity contribution in [2.24, 2.45) is 0 Å². The number of hydrogen-bond acceptors (Lipinski definition) is 4. The molecule has 6 heteroatoms. The molecule has 92 valence electrons. The van der Waals surface area contributed by atoms with Crippen molar-refractivity contribution >= 4 is 65.4 Å². The topological polar surface area (TPSA) is 18.5 Å². The summed E-state index contributed by atoms with van der Waals surface area (Å²) >= 11 is 4.26. The predicted molar refractivity (Wildman–Crippen MR) is 73.1 cm³/mol. The molecule has 3 rings (SSSR count). The molecule has 3 fully saturated rings. The molecule has 3 heterocycles. The summed E-state index contributed by atoms with van der Waals surface area (Å²) in [6, 6.07) is 0. The van der Waals surface area contributed by atoms with Gasteiger partial charge in [0.05, 0.1) is 0 Å². The quantitative estimate of drug-likeness (QED) is 0.414. The first-order valence-electron chi connectivity index (χ1n) is 5.60. The molecule has 0 saturated carbocycles. The van der Waals surface area contributed by atoms with E-state index in [1.165, 1.54) is 20.4 Å². The Labute approximate surface area is 126 Å². The Morgan fingerprint density at radius 3 is 1.88 bits per heavy atom. The Bertz CT molecular complexity index is 215. The molecule has 4 unspecified atom stereocenters. The first-order chi connectivity index (χ1) is 7.90. The van der Waals surface area contributed by atoms with E-state index in [9.17, 15) is 0 Å². The fraction of sp³-hybridized carbons (Fsp3) is 1.00. The zero-order chi connectivity index (χ0) is 10.8. The van der Waals surface area contributed by atoms with Crippen LogP contribution in [0.5, 0.6) is 0 Å². The fourth-order valence-corrected chi connectivity index (χ4v) is 13.3. The Kier molecular flexibility index (Phi) is 5.42. The third-order valence-electron chi connectivity index (χ3n) is 2.55. The van der Waals surface area contributed by atoms with Gasteiger partial charge in [0, 0.05) is 0 Å². The van der Waals surface area contributed by atoms with Crippen molar-refractivity contribution in [3.05, 3.63) is 0 Å². The SMILES string of the molecule is C(OC1C[Te]CC(OCC2CS2)[Te]1)C1CS1. The van der Waals surface area contributed by atoms with Gasteiger partial charge in [-0.1, -0.05) is 0 Å². The summed E-state index contributed by atoms with van der Waals surface area (Å²) < 4.78 is 16.3. The third kappa shape index (κ3) is 4.71. The molecule has 4 atom stereocenters. The molecule has 0 bridgehead atoms. The molecule has 0 aromatic heterocycles. The van der Waals surface area contributed by atoms with Crippen molar-refractivity contribution in [1.82, 2.24) is 0 Å². The fourth-order valence-electron chi connectivity index (χ4n) is 1.44. The Morgan fingerprint density at radius 1 is 0.938 bits per heavy atom. The van der Waals surface area contributed by atoms with E-state index in [-0.39, 0.29) is 41.8 Å². The summed E-state index contributed by atoms with van der Waals surface area (Å²) in [5.74, 6) is 2.67. The van der Waals surface area contributed by atoms with Crippen LogP contribution < -0.4 is 0 Å².